The topological polar surface area (TPSA) is 13.1 Å². The Bertz CT molecular complexity index is 1700. The van der Waals surface area contributed by atoms with Crippen LogP contribution in [0, 0.1) is 0 Å². The van der Waals surface area contributed by atoms with E-state index in [4.69, 9.17) is 4.42 Å². The molecule has 6 aromatic rings. The Morgan fingerprint density at radius 1 is 0.545 bits per heavy atom. The minimum atomic E-state index is 0.943. The SMILES string of the molecule is C1=Cc2c(c(-c3ccc4oc5ccccc5c4c3)c3ccccc3c2-c2ccccc2)CC1. The van der Waals surface area contributed by atoms with Crippen molar-refractivity contribution in [3.05, 3.63) is 114 Å². The number of hydrogen-bond donors (Lipinski definition) is 0. The highest BCUT2D eigenvalue weighted by molar-refractivity contribution is 6.12. The Morgan fingerprint density at radius 3 is 2.09 bits per heavy atom. The molecule has 0 saturated heterocycles. The largest absolute Gasteiger partial charge is 0.456 e. The van der Waals surface area contributed by atoms with Gasteiger partial charge in [0.05, 0.1) is 0 Å². The van der Waals surface area contributed by atoms with Gasteiger partial charge >= 0.3 is 0 Å². The van der Waals surface area contributed by atoms with E-state index in [-0.39, 0.29) is 0 Å². The molecule has 0 unspecified atom stereocenters. The van der Waals surface area contributed by atoms with E-state index in [1.54, 1.807) is 0 Å². The van der Waals surface area contributed by atoms with Gasteiger partial charge in [0, 0.05) is 10.8 Å². The van der Waals surface area contributed by atoms with E-state index in [1.807, 2.05) is 12.1 Å². The second-order valence-electron chi connectivity index (χ2n) is 8.80. The summed E-state index contributed by atoms with van der Waals surface area (Å²) in [7, 11) is 0. The molecule has 1 heterocycles. The van der Waals surface area contributed by atoms with Crippen LogP contribution in [-0.2, 0) is 6.42 Å². The molecule has 0 aliphatic heterocycles. The summed E-state index contributed by atoms with van der Waals surface area (Å²) in [4.78, 5) is 0. The van der Waals surface area contributed by atoms with Crippen molar-refractivity contribution in [1.29, 1.82) is 0 Å². The molecule has 1 heteroatoms. The first kappa shape index (κ1) is 18.5. The maximum absolute atomic E-state index is 6.11. The number of rotatable bonds is 2. The zero-order valence-corrected chi connectivity index (χ0v) is 18.2. The lowest BCUT2D eigenvalue weighted by molar-refractivity contribution is 0.669. The molecule has 0 saturated carbocycles. The summed E-state index contributed by atoms with van der Waals surface area (Å²) in [6.07, 6.45) is 6.78. The molecule has 0 fully saturated rings. The molecule has 0 spiro atoms. The van der Waals surface area contributed by atoms with Crippen molar-refractivity contribution in [1.82, 2.24) is 0 Å². The maximum atomic E-state index is 6.11. The van der Waals surface area contributed by atoms with Gasteiger partial charge < -0.3 is 4.42 Å². The van der Waals surface area contributed by atoms with Crippen LogP contribution in [0.3, 0.4) is 0 Å². The third-order valence-corrected chi connectivity index (χ3v) is 6.94. The lowest BCUT2D eigenvalue weighted by atomic mass is 9.80. The third kappa shape index (κ3) is 2.79. The van der Waals surface area contributed by atoms with Crippen LogP contribution in [0.1, 0.15) is 17.5 Å². The van der Waals surface area contributed by atoms with E-state index in [2.05, 4.69) is 97.1 Å². The average molecular weight is 423 g/mol. The van der Waals surface area contributed by atoms with Crippen LogP contribution < -0.4 is 0 Å². The number of para-hydroxylation sites is 1. The third-order valence-electron chi connectivity index (χ3n) is 6.94. The summed E-state index contributed by atoms with van der Waals surface area (Å²) in [5.74, 6) is 0. The minimum absolute atomic E-state index is 0.943. The summed E-state index contributed by atoms with van der Waals surface area (Å²) >= 11 is 0. The van der Waals surface area contributed by atoms with Crippen LogP contribution in [0.5, 0.6) is 0 Å². The summed E-state index contributed by atoms with van der Waals surface area (Å²) in [5.41, 5.74) is 9.93. The Morgan fingerprint density at radius 2 is 1.24 bits per heavy atom. The van der Waals surface area contributed by atoms with Gasteiger partial charge in [0.25, 0.3) is 0 Å². The molecular formula is C32H22O. The number of allylic oxidation sites excluding steroid dienone is 1. The van der Waals surface area contributed by atoms with E-state index in [0.29, 0.717) is 0 Å². The molecule has 5 aromatic carbocycles. The number of furan rings is 1. The molecule has 1 aromatic heterocycles. The highest BCUT2D eigenvalue weighted by atomic mass is 16.3. The van der Waals surface area contributed by atoms with E-state index < -0.39 is 0 Å². The van der Waals surface area contributed by atoms with Crippen LogP contribution >= 0.6 is 0 Å². The highest BCUT2D eigenvalue weighted by Crippen LogP contribution is 2.45. The molecule has 1 aliphatic rings. The van der Waals surface area contributed by atoms with Gasteiger partial charge in [-0.25, -0.2) is 0 Å². The molecule has 1 nitrogen and oxygen atoms in total. The smallest absolute Gasteiger partial charge is 0.135 e. The second-order valence-corrected chi connectivity index (χ2v) is 8.80. The Kier molecular flexibility index (Phi) is 4.04. The van der Waals surface area contributed by atoms with Crippen LogP contribution in [-0.4, -0.2) is 0 Å². The van der Waals surface area contributed by atoms with Crippen LogP contribution in [0.2, 0.25) is 0 Å². The summed E-state index contributed by atoms with van der Waals surface area (Å²) in [5, 5.41) is 4.98. The molecule has 33 heavy (non-hydrogen) atoms. The first-order valence-electron chi connectivity index (χ1n) is 11.6. The highest BCUT2D eigenvalue weighted by Gasteiger charge is 2.21. The molecule has 7 rings (SSSR count). The summed E-state index contributed by atoms with van der Waals surface area (Å²) < 4.78 is 6.11. The van der Waals surface area contributed by atoms with Gasteiger partial charge in [-0.2, -0.15) is 0 Å². The molecule has 0 bridgehead atoms. The van der Waals surface area contributed by atoms with Gasteiger partial charge in [0.1, 0.15) is 11.2 Å². The van der Waals surface area contributed by atoms with Gasteiger partial charge in [-0.3, -0.25) is 0 Å². The first-order valence-corrected chi connectivity index (χ1v) is 11.6. The standard InChI is InChI=1S/C32H22O/c1-2-10-21(11-3-1)31-24-13-4-6-15-26(24)32(27-16-7-5-14-25(27)31)22-18-19-30-28(20-22)23-12-8-9-17-29(23)33-30/h1-6,8-15,17-20H,7,16H2. The van der Waals surface area contributed by atoms with Crippen molar-refractivity contribution in [2.24, 2.45) is 0 Å². The lowest BCUT2D eigenvalue weighted by Gasteiger charge is -2.23. The fraction of sp³-hybridized carbons (Fsp3) is 0.0625. The number of hydrogen-bond acceptors (Lipinski definition) is 1. The molecule has 0 N–H and O–H groups in total. The average Bonchev–Trinajstić information content (AvgIpc) is 3.25. The van der Waals surface area contributed by atoms with Crippen LogP contribution in [0.4, 0.5) is 0 Å². The maximum Gasteiger partial charge on any atom is 0.135 e. The molecule has 0 radical (unpaired) electrons. The Balaban J connectivity index is 1.60. The molecule has 0 atom stereocenters. The fourth-order valence-corrected chi connectivity index (χ4v) is 5.51. The van der Waals surface area contributed by atoms with Gasteiger partial charge in [0.15, 0.2) is 0 Å². The zero-order valence-electron chi connectivity index (χ0n) is 18.2. The molecule has 0 amide bonds. The lowest BCUT2D eigenvalue weighted by Crippen LogP contribution is -2.02. The zero-order chi connectivity index (χ0) is 21.8. The van der Waals surface area contributed by atoms with Gasteiger partial charge in [-0.15, -0.1) is 0 Å². The quantitative estimate of drug-likeness (QED) is 0.271. The van der Waals surface area contributed by atoms with Crippen molar-refractivity contribution in [3.63, 3.8) is 0 Å². The summed E-state index contributed by atoms with van der Waals surface area (Å²) in [6.45, 7) is 0. The minimum Gasteiger partial charge on any atom is -0.456 e. The predicted molar refractivity (Wildman–Crippen MR) is 139 cm³/mol. The fourth-order valence-electron chi connectivity index (χ4n) is 5.51. The van der Waals surface area contributed by atoms with E-state index in [1.165, 1.54) is 54.9 Å². The summed E-state index contributed by atoms with van der Waals surface area (Å²) in [6, 6.07) is 34.7. The van der Waals surface area contributed by atoms with Crippen LogP contribution in [0.25, 0.3) is 61.0 Å². The van der Waals surface area contributed by atoms with Crippen molar-refractivity contribution in [3.8, 4) is 22.3 Å². The number of benzene rings is 5. The van der Waals surface area contributed by atoms with Crippen molar-refractivity contribution < 1.29 is 4.42 Å². The van der Waals surface area contributed by atoms with E-state index in [9.17, 15) is 0 Å². The van der Waals surface area contributed by atoms with Gasteiger partial charge in [-0.05, 0) is 75.2 Å². The molecule has 156 valence electrons. The Labute approximate surface area is 192 Å². The van der Waals surface area contributed by atoms with Crippen molar-refractivity contribution in [2.45, 2.75) is 12.8 Å². The van der Waals surface area contributed by atoms with Gasteiger partial charge in [-0.1, -0.05) is 91.0 Å². The first-order chi connectivity index (χ1) is 16.4. The second kappa shape index (κ2) is 7.21. The van der Waals surface area contributed by atoms with Crippen LogP contribution in [0.15, 0.2) is 108 Å². The predicted octanol–water partition coefficient (Wildman–Crippen LogP) is 9.03. The van der Waals surface area contributed by atoms with E-state index in [0.717, 1.165) is 24.0 Å². The Hall–Kier alpha value is -4.10. The monoisotopic (exact) mass is 422 g/mol. The molecule has 1 aliphatic carbocycles. The van der Waals surface area contributed by atoms with Gasteiger partial charge in [0.2, 0.25) is 0 Å². The number of fused-ring (bicyclic) bond motifs is 5. The van der Waals surface area contributed by atoms with E-state index >= 15 is 0 Å². The normalized spacial score (nSPS) is 13.1. The van der Waals surface area contributed by atoms with Crippen molar-refractivity contribution in [2.75, 3.05) is 0 Å². The van der Waals surface area contributed by atoms with Crippen molar-refractivity contribution >= 4 is 38.8 Å². The molecular weight excluding hydrogens is 400 g/mol.